The monoisotopic (exact) mass is 621 g/mol. The van der Waals surface area contributed by atoms with Gasteiger partial charge in [-0.1, -0.05) is 6.07 Å². The molecule has 5 aliphatic heterocycles. The summed E-state index contributed by atoms with van der Waals surface area (Å²) in [6.45, 7) is 4.65. The molecule has 0 amide bonds. The number of aromatic hydroxyl groups is 1. The highest BCUT2D eigenvalue weighted by molar-refractivity contribution is 8.00. The number of thioether (sulfide) groups is 1. The van der Waals surface area contributed by atoms with Gasteiger partial charge >= 0.3 is 11.9 Å². The predicted molar refractivity (Wildman–Crippen MR) is 155 cm³/mol. The summed E-state index contributed by atoms with van der Waals surface area (Å²) >= 11 is 1.22. The number of carbonyl (C=O) groups excluding carboxylic acids is 3. The summed E-state index contributed by atoms with van der Waals surface area (Å²) in [5.74, 6) is -0.855. The molecule has 1 N–H and O–H groups in total. The van der Waals surface area contributed by atoms with Crippen LogP contribution in [-0.2, 0) is 25.5 Å². The van der Waals surface area contributed by atoms with E-state index >= 15 is 0 Å². The first-order valence-corrected chi connectivity index (χ1v) is 15.4. The Morgan fingerprint density at radius 1 is 1.14 bits per heavy atom. The van der Waals surface area contributed by atoms with Crippen molar-refractivity contribution >= 4 is 29.5 Å². The van der Waals surface area contributed by atoms with E-state index in [9.17, 15) is 24.8 Å². The summed E-state index contributed by atoms with van der Waals surface area (Å²) < 4.78 is 29.0. The third-order valence-electron chi connectivity index (χ3n) is 9.54. The smallest absolute Gasteiger partial charge is 0.375 e. The molecule has 0 radical (unpaired) electrons. The molecule has 230 valence electrons. The van der Waals surface area contributed by atoms with Crippen LogP contribution in [0.25, 0.3) is 0 Å². The van der Waals surface area contributed by atoms with Crippen LogP contribution in [0.1, 0.15) is 57.6 Å². The van der Waals surface area contributed by atoms with E-state index in [0.717, 1.165) is 11.1 Å². The number of likely N-dealkylation sites (N-methyl/N-ethyl adjacent to an activating group) is 1. The summed E-state index contributed by atoms with van der Waals surface area (Å²) in [4.78, 5) is 42.3. The average molecular weight is 622 g/mol. The fourth-order valence-corrected chi connectivity index (χ4v) is 9.23. The number of ether oxygens (including phenoxy) is 5. The lowest BCUT2D eigenvalue weighted by atomic mass is 9.71. The van der Waals surface area contributed by atoms with Gasteiger partial charge in [0.1, 0.15) is 18.4 Å². The maximum absolute atomic E-state index is 12.9. The molecule has 44 heavy (non-hydrogen) atoms. The second-order valence-electron chi connectivity index (χ2n) is 11.8. The van der Waals surface area contributed by atoms with Crippen LogP contribution < -0.4 is 18.9 Å². The Hall–Kier alpha value is -3.99. The van der Waals surface area contributed by atoms with Crippen molar-refractivity contribution in [2.45, 2.75) is 62.7 Å². The predicted octanol–water partition coefficient (Wildman–Crippen LogP) is 2.80. The van der Waals surface area contributed by atoms with E-state index < -0.39 is 47.1 Å². The van der Waals surface area contributed by atoms with Crippen LogP contribution in [0.3, 0.4) is 0 Å². The maximum atomic E-state index is 12.9. The highest BCUT2D eigenvalue weighted by Gasteiger charge is 2.60. The summed E-state index contributed by atoms with van der Waals surface area (Å²) in [5, 5.41) is 21.9. The molecule has 6 atom stereocenters. The van der Waals surface area contributed by atoms with Crippen LogP contribution >= 0.6 is 11.8 Å². The molecule has 2 aromatic carbocycles. The second kappa shape index (κ2) is 10.3. The number of methoxy groups -OCH3 is 1. The first-order chi connectivity index (χ1) is 21.1. The van der Waals surface area contributed by atoms with Crippen LogP contribution in [-0.4, -0.2) is 84.1 Å². The zero-order valence-electron chi connectivity index (χ0n) is 24.8. The first kappa shape index (κ1) is 28.8. The Morgan fingerprint density at radius 3 is 2.59 bits per heavy atom. The van der Waals surface area contributed by atoms with Crippen LogP contribution in [0, 0.1) is 25.2 Å². The molecule has 2 aromatic rings. The molecule has 5 heterocycles. The number of aryl methyl sites for hydroxylation is 1. The van der Waals surface area contributed by atoms with Gasteiger partial charge in [-0.05, 0) is 38.4 Å². The number of phenols is 1. The minimum atomic E-state index is -0.949. The molecule has 0 spiro atoms. The van der Waals surface area contributed by atoms with Gasteiger partial charge in [-0.3, -0.25) is 19.4 Å². The van der Waals surface area contributed by atoms with Crippen LogP contribution in [0.5, 0.6) is 28.7 Å². The number of nitrogens with zero attached hydrogens (tertiary/aromatic N) is 3. The molecule has 12 nitrogen and oxygen atoms in total. The highest BCUT2D eigenvalue weighted by Crippen LogP contribution is 2.63. The number of hydrogen-bond donors (Lipinski definition) is 1. The van der Waals surface area contributed by atoms with Gasteiger partial charge in [0.05, 0.1) is 36.3 Å². The molecule has 0 aromatic heterocycles. The number of cyclic esters (lactones) is 1. The van der Waals surface area contributed by atoms with Gasteiger partial charge in [-0.25, -0.2) is 4.79 Å². The van der Waals surface area contributed by atoms with E-state index in [2.05, 4.69) is 15.9 Å². The molecule has 7 rings (SSSR count). The Labute approximate surface area is 257 Å². The molecule has 0 saturated carbocycles. The quantitative estimate of drug-likeness (QED) is 0.298. The summed E-state index contributed by atoms with van der Waals surface area (Å²) in [5.41, 5.74) is 4.16. The number of nitriles is 1. The van der Waals surface area contributed by atoms with Crippen molar-refractivity contribution in [1.82, 2.24) is 9.80 Å². The summed E-state index contributed by atoms with van der Waals surface area (Å²) in [6.07, 6.45) is 0.488. The van der Waals surface area contributed by atoms with Crippen LogP contribution in [0.15, 0.2) is 6.07 Å². The van der Waals surface area contributed by atoms with E-state index in [4.69, 9.17) is 23.7 Å². The lowest BCUT2D eigenvalue weighted by Crippen LogP contribution is -2.69. The van der Waals surface area contributed by atoms with E-state index in [-0.39, 0.29) is 30.9 Å². The van der Waals surface area contributed by atoms with E-state index in [1.54, 1.807) is 6.92 Å². The van der Waals surface area contributed by atoms with Crippen molar-refractivity contribution in [3.8, 4) is 34.8 Å². The van der Waals surface area contributed by atoms with Gasteiger partial charge in [0.2, 0.25) is 12.6 Å². The van der Waals surface area contributed by atoms with Crippen molar-refractivity contribution in [1.29, 1.82) is 5.26 Å². The van der Waals surface area contributed by atoms with Crippen molar-refractivity contribution in [3.05, 3.63) is 39.4 Å². The van der Waals surface area contributed by atoms with Crippen LogP contribution in [0.4, 0.5) is 0 Å². The largest absolute Gasteiger partial charge is 0.504 e. The summed E-state index contributed by atoms with van der Waals surface area (Å²) in [6, 6.07) is 1.81. The highest BCUT2D eigenvalue weighted by atomic mass is 32.2. The molecule has 2 fully saturated rings. The number of esters is 2. The molecule has 2 saturated heterocycles. The zero-order valence-corrected chi connectivity index (χ0v) is 25.6. The molecule has 13 heteroatoms. The van der Waals surface area contributed by atoms with Crippen molar-refractivity contribution in [2.24, 2.45) is 0 Å². The topological polar surface area (TPSA) is 148 Å². The number of rotatable bonds is 2. The Kier molecular flexibility index (Phi) is 6.73. The van der Waals surface area contributed by atoms with E-state index in [0.29, 0.717) is 51.7 Å². The SMILES string of the molecule is COc1c(C)cc2c(c1O)[C@@H]1C3[C@@H]4SCC(=O)C(=O)OC[C@H](c5c6c(c(C)c(OC(C)=O)c54)OCO6)N3[C@@H](C#N)[C@H](C2)N1C. The zero-order chi connectivity index (χ0) is 31.2. The minimum Gasteiger partial charge on any atom is -0.504 e. The molecule has 0 aliphatic carbocycles. The molecular weight excluding hydrogens is 590 g/mol. The molecular formula is C31H31N3O9S. The standard InChI is InChI=1S/C31H31N3O9S/c1-12-6-15-7-16-17(8-32)34-18-9-40-31(38)19(36)10-44-30(24(34)23(33(16)4)20(15)25(37)26(12)39-5)22-21(18)29-28(41-11-42-29)13(2)27(22)43-14(3)35/h6,16-18,23-24,30,37H,7,9-11H2,1-5H3/t16-,17-,18+,23+,24?,30+/m0/s1. The molecule has 4 bridgehead atoms. The van der Waals surface area contributed by atoms with Gasteiger partial charge in [0.25, 0.3) is 0 Å². The number of carbonyl (C=O) groups is 3. The van der Waals surface area contributed by atoms with E-state index in [1.165, 1.54) is 25.8 Å². The maximum Gasteiger partial charge on any atom is 0.375 e. The minimum absolute atomic E-state index is 0.0240. The third kappa shape index (κ3) is 3.87. The van der Waals surface area contributed by atoms with Gasteiger partial charge in [-0.15, -0.1) is 11.8 Å². The molecule has 5 aliphatic rings. The van der Waals surface area contributed by atoms with Gasteiger partial charge in [-0.2, -0.15) is 5.26 Å². The lowest BCUT2D eigenvalue weighted by molar-refractivity contribution is -0.157. The van der Waals surface area contributed by atoms with E-state index in [1.807, 2.05) is 20.0 Å². The fourth-order valence-electron chi connectivity index (χ4n) is 7.90. The van der Waals surface area contributed by atoms with Crippen molar-refractivity contribution in [2.75, 3.05) is 33.3 Å². The van der Waals surface area contributed by atoms with Gasteiger partial charge < -0.3 is 28.8 Å². The second-order valence-corrected chi connectivity index (χ2v) is 12.9. The number of hydrogen-bond acceptors (Lipinski definition) is 13. The average Bonchev–Trinajstić information content (AvgIpc) is 3.47. The van der Waals surface area contributed by atoms with Crippen LogP contribution in [0.2, 0.25) is 0 Å². The Balaban J connectivity index is 1.57. The number of Topliss-reactive ketones (excluding diaryl/α,β-unsaturated/α-hetero) is 1. The van der Waals surface area contributed by atoms with Gasteiger partial charge in [0, 0.05) is 41.3 Å². The normalized spacial score (nSPS) is 28.7. The van der Waals surface area contributed by atoms with Crippen molar-refractivity contribution in [3.63, 3.8) is 0 Å². The number of fused-ring (bicyclic) bond motifs is 9. The summed E-state index contributed by atoms with van der Waals surface area (Å²) in [7, 11) is 3.45. The number of benzene rings is 2. The molecule has 1 unspecified atom stereocenters. The Morgan fingerprint density at radius 2 is 1.89 bits per heavy atom. The van der Waals surface area contributed by atoms with Crippen molar-refractivity contribution < 1.29 is 43.2 Å². The first-order valence-electron chi connectivity index (χ1n) is 14.3. The number of piperazine rings is 1. The fraction of sp³-hybridized carbons (Fsp3) is 0.484. The lowest BCUT2D eigenvalue weighted by Gasteiger charge is -2.61. The Bertz CT molecular complexity index is 1690. The van der Waals surface area contributed by atoms with Gasteiger partial charge in [0.15, 0.2) is 23.0 Å². The number of phenolic OH excluding ortho intramolecular Hbond substituents is 1. The third-order valence-corrected chi connectivity index (χ3v) is 10.8. The number of ketones is 1.